The van der Waals surface area contributed by atoms with E-state index in [0.717, 1.165) is 5.56 Å². The Morgan fingerprint density at radius 3 is 2.62 bits per heavy atom. The summed E-state index contributed by atoms with van der Waals surface area (Å²) in [6.07, 6.45) is 2.28. The van der Waals surface area contributed by atoms with Crippen LogP contribution in [0, 0.1) is 0 Å². The van der Waals surface area contributed by atoms with Crippen molar-refractivity contribution in [3.63, 3.8) is 0 Å². The summed E-state index contributed by atoms with van der Waals surface area (Å²) in [6.45, 7) is 5.00. The molecule has 2 heteroatoms. The first-order valence-electron chi connectivity index (χ1n) is 5.61. The molecule has 0 aliphatic carbocycles. The second-order valence-electron chi connectivity index (χ2n) is 4.17. The van der Waals surface area contributed by atoms with Crippen LogP contribution in [-0.4, -0.2) is 17.8 Å². The molecule has 0 fully saturated rings. The number of ether oxygens (including phenoxy) is 1. The van der Waals surface area contributed by atoms with E-state index in [2.05, 4.69) is 0 Å². The second kappa shape index (κ2) is 7.20. The van der Waals surface area contributed by atoms with Gasteiger partial charge in [-0.2, -0.15) is 0 Å². The van der Waals surface area contributed by atoms with Crippen molar-refractivity contribution in [2.75, 3.05) is 6.61 Å². The second-order valence-corrected chi connectivity index (χ2v) is 4.17. The summed E-state index contributed by atoms with van der Waals surface area (Å²) in [4.78, 5) is 0. The van der Waals surface area contributed by atoms with E-state index in [9.17, 15) is 5.11 Å². The van der Waals surface area contributed by atoms with E-state index >= 15 is 0 Å². The minimum atomic E-state index is -0.404. The van der Waals surface area contributed by atoms with Crippen LogP contribution in [0.3, 0.4) is 0 Å². The van der Waals surface area contributed by atoms with Crippen LogP contribution in [0.2, 0.25) is 0 Å². The van der Waals surface area contributed by atoms with Crippen molar-refractivity contribution in [2.24, 2.45) is 0 Å². The van der Waals surface area contributed by atoms with Crippen molar-refractivity contribution in [1.82, 2.24) is 0 Å². The molecule has 1 aromatic rings. The molecule has 0 spiro atoms. The van der Waals surface area contributed by atoms with Crippen molar-refractivity contribution >= 4 is 0 Å². The maximum absolute atomic E-state index is 9.61. The Kier molecular flexibility index (Phi) is 5.83. The molecule has 0 aliphatic rings. The largest absolute Gasteiger partial charge is 0.390 e. The fraction of sp³-hybridized carbons (Fsp3) is 0.429. The van der Waals surface area contributed by atoms with Gasteiger partial charge < -0.3 is 9.84 Å². The molecule has 0 heterocycles. The Labute approximate surface area is 97.6 Å². The zero-order valence-corrected chi connectivity index (χ0v) is 10.0. The standard InChI is InChI=1S/C14H20O2/c1-12(2)8-9-14(15)11-16-10-13-6-4-3-5-7-13/h3-8,14-15H,9-11H2,1-2H3. The van der Waals surface area contributed by atoms with Crippen LogP contribution in [0.25, 0.3) is 0 Å². The van der Waals surface area contributed by atoms with Crippen molar-refractivity contribution in [3.8, 4) is 0 Å². The molecule has 1 aromatic carbocycles. The van der Waals surface area contributed by atoms with Gasteiger partial charge in [0, 0.05) is 0 Å². The normalized spacial score (nSPS) is 12.2. The van der Waals surface area contributed by atoms with Gasteiger partial charge in [-0.05, 0) is 25.8 Å². The Bertz CT molecular complexity index is 313. The molecular formula is C14H20O2. The molecule has 1 rings (SSSR count). The quantitative estimate of drug-likeness (QED) is 0.747. The third kappa shape index (κ3) is 5.69. The van der Waals surface area contributed by atoms with Gasteiger partial charge in [-0.15, -0.1) is 0 Å². The van der Waals surface area contributed by atoms with E-state index in [1.54, 1.807) is 0 Å². The van der Waals surface area contributed by atoms with Crippen molar-refractivity contribution in [3.05, 3.63) is 47.5 Å². The van der Waals surface area contributed by atoms with Crippen LogP contribution >= 0.6 is 0 Å². The number of hydrogen-bond acceptors (Lipinski definition) is 2. The van der Waals surface area contributed by atoms with Gasteiger partial charge in [-0.3, -0.25) is 0 Å². The molecule has 0 saturated carbocycles. The number of allylic oxidation sites excluding steroid dienone is 1. The van der Waals surface area contributed by atoms with E-state index in [1.165, 1.54) is 5.57 Å². The van der Waals surface area contributed by atoms with E-state index < -0.39 is 6.10 Å². The smallest absolute Gasteiger partial charge is 0.0808 e. The van der Waals surface area contributed by atoms with Gasteiger partial charge in [-0.25, -0.2) is 0 Å². The number of aliphatic hydroxyl groups is 1. The first-order valence-corrected chi connectivity index (χ1v) is 5.61. The predicted molar refractivity (Wildman–Crippen MR) is 66.2 cm³/mol. The average Bonchev–Trinajstić information content (AvgIpc) is 2.28. The Balaban J connectivity index is 2.18. The van der Waals surface area contributed by atoms with Gasteiger partial charge in [0.2, 0.25) is 0 Å². The number of rotatable bonds is 6. The summed E-state index contributed by atoms with van der Waals surface area (Å²) >= 11 is 0. The number of hydrogen-bond donors (Lipinski definition) is 1. The zero-order valence-electron chi connectivity index (χ0n) is 10.0. The molecule has 0 amide bonds. The minimum Gasteiger partial charge on any atom is -0.390 e. The van der Waals surface area contributed by atoms with Crippen molar-refractivity contribution < 1.29 is 9.84 Å². The van der Waals surface area contributed by atoms with Gasteiger partial charge in [0.1, 0.15) is 0 Å². The van der Waals surface area contributed by atoms with Crippen LogP contribution in [0.1, 0.15) is 25.8 Å². The summed E-state index contributed by atoms with van der Waals surface area (Å²) in [5, 5.41) is 9.61. The van der Waals surface area contributed by atoms with Gasteiger partial charge in [0.05, 0.1) is 19.3 Å². The lowest BCUT2D eigenvalue weighted by Crippen LogP contribution is -2.14. The van der Waals surface area contributed by atoms with Crippen LogP contribution in [0.5, 0.6) is 0 Å². The highest BCUT2D eigenvalue weighted by molar-refractivity contribution is 5.13. The monoisotopic (exact) mass is 220 g/mol. The summed E-state index contributed by atoms with van der Waals surface area (Å²) < 4.78 is 5.43. The first kappa shape index (κ1) is 12.9. The third-order valence-electron chi connectivity index (χ3n) is 2.22. The first-order chi connectivity index (χ1) is 7.68. The molecule has 2 nitrogen and oxygen atoms in total. The topological polar surface area (TPSA) is 29.5 Å². The molecule has 1 atom stereocenters. The molecule has 1 N–H and O–H groups in total. The van der Waals surface area contributed by atoms with Crippen LogP contribution in [0.15, 0.2) is 42.0 Å². The predicted octanol–water partition coefficient (Wildman–Crippen LogP) is 2.92. The number of aliphatic hydroxyl groups excluding tert-OH is 1. The Morgan fingerprint density at radius 1 is 1.31 bits per heavy atom. The fourth-order valence-corrected chi connectivity index (χ4v) is 1.33. The molecule has 0 aliphatic heterocycles. The van der Waals surface area contributed by atoms with Crippen molar-refractivity contribution in [1.29, 1.82) is 0 Å². The van der Waals surface area contributed by atoms with E-state index in [-0.39, 0.29) is 0 Å². The summed E-state index contributed by atoms with van der Waals surface area (Å²) in [5.74, 6) is 0. The highest BCUT2D eigenvalue weighted by atomic mass is 16.5. The lowest BCUT2D eigenvalue weighted by molar-refractivity contribution is 0.0300. The SMILES string of the molecule is CC(C)=CCC(O)COCc1ccccc1. The maximum Gasteiger partial charge on any atom is 0.0808 e. The molecule has 16 heavy (non-hydrogen) atoms. The van der Waals surface area contributed by atoms with Gasteiger partial charge in [-0.1, -0.05) is 42.0 Å². The van der Waals surface area contributed by atoms with Crippen LogP contribution < -0.4 is 0 Å². The van der Waals surface area contributed by atoms with Crippen molar-refractivity contribution in [2.45, 2.75) is 33.0 Å². The molecule has 0 saturated heterocycles. The van der Waals surface area contributed by atoms with Crippen LogP contribution in [-0.2, 0) is 11.3 Å². The van der Waals surface area contributed by atoms with Gasteiger partial charge in [0.15, 0.2) is 0 Å². The summed E-state index contributed by atoms with van der Waals surface area (Å²) in [6, 6.07) is 9.98. The van der Waals surface area contributed by atoms with Gasteiger partial charge >= 0.3 is 0 Å². The molecule has 88 valence electrons. The third-order valence-corrected chi connectivity index (χ3v) is 2.22. The maximum atomic E-state index is 9.61. The molecule has 1 unspecified atom stereocenters. The lowest BCUT2D eigenvalue weighted by atomic mass is 10.2. The molecule has 0 radical (unpaired) electrons. The molecule has 0 bridgehead atoms. The van der Waals surface area contributed by atoms with E-state index in [0.29, 0.717) is 19.6 Å². The lowest BCUT2D eigenvalue weighted by Gasteiger charge is -2.09. The Hall–Kier alpha value is -1.12. The fourth-order valence-electron chi connectivity index (χ4n) is 1.33. The average molecular weight is 220 g/mol. The van der Waals surface area contributed by atoms with E-state index in [1.807, 2.05) is 50.3 Å². The summed E-state index contributed by atoms with van der Waals surface area (Å²) in [5.41, 5.74) is 2.36. The Morgan fingerprint density at radius 2 is 2.00 bits per heavy atom. The number of benzene rings is 1. The van der Waals surface area contributed by atoms with E-state index in [4.69, 9.17) is 4.74 Å². The summed E-state index contributed by atoms with van der Waals surface area (Å²) in [7, 11) is 0. The zero-order chi connectivity index (χ0) is 11.8. The van der Waals surface area contributed by atoms with Gasteiger partial charge in [0.25, 0.3) is 0 Å². The molecule has 0 aromatic heterocycles. The minimum absolute atomic E-state index is 0.388. The highest BCUT2D eigenvalue weighted by Gasteiger charge is 2.02. The van der Waals surface area contributed by atoms with Crippen LogP contribution in [0.4, 0.5) is 0 Å². The molecular weight excluding hydrogens is 200 g/mol. The highest BCUT2D eigenvalue weighted by Crippen LogP contribution is 2.03.